The van der Waals surface area contributed by atoms with Gasteiger partial charge in [-0.05, 0) is 103 Å². The molecule has 0 N–H and O–H groups in total. The van der Waals surface area contributed by atoms with Crippen LogP contribution in [0.25, 0.3) is 0 Å². The molecule has 240 valence electrons. The van der Waals surface area contributed by atoms with Crippen LogP contribution in [0.2, 0.25) is 0 Å². The van der Waals surface area contributed by atoms with E-state index in [2.05, 4.69) is 0 Å². The summed E-state index contributed by atoms with van der Waals surface area (Å²) >= 11 is 0. The quantitative estimate of drug-likeness (QED) is 0.372. The summed E-state index contributed by atoms with van der Waals surface area (Å²) < 4.78 is 128. The van der Waals surface area contributed by atoms with E-state index in [0.717, 1.165) is 0 Å². The number of sulfone groups is 5. The predicted molar refractivity (Wildman–Crippen MR) is 161 cm³/mol. The summed E-state index contributed by atoms with van der Waals surface area (Å²) in [6.07, 6.45) is 7.21. The summed E-state index contributed by atoms with van der Waals surface area (Å²) in [7, 11) is -16.9. The fraction of sp³-hybridized carbons (Fsp3) is 1.00. The van der Waals surface area contributed by atoms with Gasteiger partial charge < -0.3 is 0 Å². The number of hydrogen-bond donors (Lipinski definition) is 0. The van der Waals surface area contributed by atoms with Crippen LogP contribution in [0, 0.1) is 0 Å². The maximum atomic E-state index is 13.5. The summed E-state index contributed by atoms with van der Waals surface area (Å²) in [6.45, 7) is 0. The third-order valence-electron chi connectivity index (χ3n) is 10.5. The van der Waals surface area contributed by atoms with Crippen molar-refractivity contribution >= 4 is 49.2 Å². The molecule has 15 heteroatoms. The average molecular weight is 679 g/mol. The van der Waals surface area contributed by atoms with Gasteiger partial charge in [-0.2, -0.15) is 0 Å². The molecule has 0 radical (unpaired) electrons. The minimum absolute atomic E-state index is 0.271. The minimum Gasteiger partial charge on any atom is -0.229 e. The minimum atomic E-state index is -3.54. The Labute approximate surface area is 247 Å². The highest BCUT2D eigenvalue weighted by atomic mass is 32.2. The summed E-state index contributed by atoms with van der Waals surface area (Å²) in [5.74, 6) is 0. The molecule has 0 heterocycles. The highest BCUT2D eigenvalue weighted by molar-refractivity contribution is 7.93. The first-order valence-corrected chi connectivity index (χ1v) is 23.6. The molecule has 0 aromatic rings. The molecule has 0 aliphatic heterocycles. The predicted octanol–water partition coefficient (Wildman–Crippen LogP) is 2.56. The smallest absolute Gasteiger partial charge is 0.156 e. The lowest BCUT2D eigenvalue weighted by Gasteiger charge is -2.36. The van der Waals surface area contributed by atoms with Crippen molar-refractivity contribution < 1.29 is 42.1 Å². The molecule has 0 aromatic heterocycles. The Balaban J connectivity index is 1.28. The Morgan fingerprint density at radius 2 is 0.390 bits per heavy atom. The third kappa shape index (κ3) is 7.36. The molecule has 0 bridgehead atoms. The van der Waals surface area contributed by atoms with Gasteiger partial charge in [-0.25, -0.2) is 42.1 Å². The second kappa shape index (κ2) is 12.3. The summed E-state index contributed by atoms with van der Waals surface area (Å²) in [6, 6.07) is 0. The van der Waals surface area contributed by atoms with Crippen LogP contribution in [-0.4, -0.2) is 96.6 Å². The summed E-state index contributed by atoms with van der Waals surface area (Å²) in [5.41, 5.74) is 0. The zero-order valence-electron chi connectivity index (χ0n) is 24.1. The van der Waals surface area contributed by atoms with Crippen LogP contribution in [-0.2, 0) is 49.2 Å². The molecule has 10 nitrogen and oxygen atoms in total. The first kappa shape index (κ1) is 33.6. The van der Waals surface area contributed by atoms with E-state index in [-0.39, 0.29) is 51.4 Å². The van der Waals surface area contributed by atoms with E-state index in [1.54, 1.807) is 0 Å². The van der Waals surface area contributed by atoms with Gasteiger partial charge >= 0.3 is 0 Å². The van der Waals surface area contributed by atoms with Crippen molar-refractivity contribution in [2.24, 2.45) is 0 Å². The lowest BCUT2D eigenvalue weighted by atomic mass is 9.98. The van der Waals surface area contributed by atoms with E-state index in [1.165, 1.54) is 12.5 Å². The van der Waals surface area contributed by atoms with E-state index in [0.29, 0.717) is 51.4 Å². The van der Waals surface area contributed by atoms with E-state index in [9.17, 15) is 42.1 Å². The van der Waals surface area contributed by atoms with Gasteiger partial charge in [0.15, 0.2) is 29.5 Å². The van der Waals surface area contributed by atoms with Crippen LogP contribution in [0.3, 0.4) is 0 Å². The van der Waals surface area contributed by atoms with Crippen LogP contribution >= 0.6 is 0 Å². The third-order valence-corrected chi connectivity index (χ3v) is 22.3. The van der Waals surface area contributed by atoms with Crippen molar-refractivity contribution in [2.75, 3.05) is 12.5 Å². The standard InChI is InChI=1S/C26H46O10S5/c1-37(27,28)19-3-7-21(8-4-19)39(31,32)23-11-15-25(16-12-23)41(35,36)26-17-13-24(14-18-26)40(33,34)22-9-5-20(6-10-22)38(2,29)30/h19-26H,3-18H2,1-2H3. The SMILES string of the molecule is CS(=O)(=O)C1CCC(S(=O)(=O)C2CCC(S(=O)(=O)C3CCC(S(=O)(=O)C4CCC(S(C)(=O)=O)CC4)CC3)CC2)CC1. The Kier molecular flexibility index (Phi) is 10.1. The van der Waals surface area contributed by atoms with Crippen LogP contribution in [0.4, 0.5) is 0 Å². The molecule has 0 amide bonds. The van der Waals surface area contributed by atoms with E-state index in [1.807, 2.05) is 0 Å². The maximum absolute atomic E-state index is 13.5. The molecule has 4 fully saturated rings. The normalized spacial score (nSPS) is 36.9. The van der Waals surface area contributed by atoms with E-state index in [4.69, 9.17) is 0 Å². The molecule has 0 atom stereocenters. The molecule has 0 saturated heterocycles. The topological polar surface area (TPSA) is 171 Å². The highest BCUT2D eigenvalue weighted by Crippen LogP contribution is 2.40. The van der Waals surface area contributed by atoms with Crippen molar-refractivity contribution in [1.29, 1.82) is 0 Å². The van der Waals surface area contributed by atoms with Gasteiger partial charge in [0.25, 0.3) is 0 Å². The maximum Gasteiger partial charge on any atom is 0.156 e. The molecule has 4 rings (SSSR count). The van der Waals surface area contributed by atoms with Gasteiger partial charge in [-0.3, -0.25) is 0 Å². The largest absolute Gasteiger partial charge is 0.229 e. The van der Waals surface area contributed by atoms with Crippen molar-refractivity contribution in [3.63, 3.8) is 0 Å². The molecular weight excluding hydrogens is 633 g/mol. The average Bonchev–Trinajstić information content (AvgIpc) is 2.92. The van der Waals surface area contributed by atoms with E-state index < -0.39 is 91.2 Å². The Morgan fingerprint density at radius 3 is 0.512 bits per heavy atom. The van der Waals surface area contributed by atoms with E-state index >= 15 is 0 Å². The zero-order valence-corrected chi connectivity index (χ0v) is 28.1. The van der Waals surface area contributed by atoms with Gasteiger partial charge in [0.1, 0.15) is 19.7 Å². The fourth-order valence-corrected chi connectivity index (χ4v) is 17.2. The van der Waals surface area contributed by atoms with Crippen LogP contribution in [0.1, 0.15) is 103 Å². The Bertz CT molecular complexity index is 1360. The molecule has 4 saturated carbocycles. The molecule has 0 spiro atoms. The molecule has 0 unspecified atom stereocenters. The van der Waals surface area contributed by atoms with Gasteiger partial charge in [0, 0.05) is 12.5 Å². The fourth-order valence-electron chi connectivity index (χ4n) is 7.77. The van der Waals surface area contributed by atoms with Crippen molar-refractivity contribution in [1.82, 2.24) is 0 Å². The number of hydrogen-bond acceptors (Lipinski definition) is 10. The lowest BCUT2D eigenvalue weighted by Crippen LogP contribution is -2.44. The van der Waals surface area contributed by atoms with Crippen LogP contribution in [0.5, 0.6) is 0 Å². The molecule has 41 heavy (non-hydrogen) atoms. The Morgan fingerprint density at radius 1 is 0.268 bits per heavy atom. The van der Waals surface area contributed by atoms with Crippen LogP contribution in [0.15, 0.2) is 0 Å². The van der Waals surface area contributed by atoms with Crippen molar-refractivity contribution in [2.45, 2.75) is 145 Å². The van der Waals surface area contributed by atoms with Crippen LogP contribution < -0.4 is 0 Å². The zero-order chi connectivity index (χ0) is 30.4. The Hall–Kier alpha value is -0.250. The lowest BCUT2D eigenvalue weighted by molar-refractivity contribution is 0.426. The molecule has 0 aromatic carbocycles. The highest BCUT2D eigenvalue weighted by Gasteiger charge is 2.46. The van der Waals surface area contributed by atoms with Gasteiger partial charge in [0.05, 0.1) is 42.0 Å². The van der Waals surface area contributed by atoms with Crippen molar-refractivity contribution in [3.05, 3.63) is 0 Å². The molecular formula is C26H46O10S5. The second-order valence-electron chi connectivity index (χ2n) is 13.0. The van der Waals surface area contributed by atoms with Gasteiger partial charge in [-0.1, -0.05) is 0 Å². The van der Waals surface area contributed by atoms with Gasteiger partial charge in [0.2, 0.25) is 0 Å². The second-order valence-corrected chi connectivity index (χ2v) is 25.2. The van der Waals surface area contributed by atoms with Crippen molar-refractivity contribution in [3.8, 4) is 0 Å². The molecule has 4 aliphatic carbocycles. The first-order chi connectivity index (χ1) is 18.8. The number of rotatable bonds is 8. The summed E-state index contributed by atoms with van der Waals surface area (Å²) in [5, 5.41) is -4.59. The molecule has 4 aliphatic rings. The summed E-state index contributed by atoms with van der Waals surface area (Å²) in [4.78, 5) is 0. The van der Waals surface area contributed by atoms with Gasteiger partial charge in [-0.15, -0.1) is 0 Å². The monoisotopic (exact) mass is 678 g/mol. The first-order valence-electron chi connectivity index (χ1n) is 14.9.